The molecule has 6 nitrogen and oxygen atoms in total. The molecule has 1 saturated heterocycles. The first-order valence-corrected chi connectivity index (χ1v) is 9.84. The molecule has 3 aromatic rings. The van der Waals surface area contributed by atoms with Crippen LogP contribution in [0.2, 0.25) is 0 Å². The summed E-state index contributed by atoms with van der Waals surface area (Å²) >= 11 is 0. The number of methoxy groups -OCH3 is 1. The van der Waals surface area contributed by atoms with Gasteiger partial charge in [-0.2, -0.15) is 0 Å². The highest BCUT2D eigenvalue weighted by molar-refractivity contribution is 5.98. The van der Waals surface area contributed by atoms with Crippen molar-refractivity contribution in [2.24, 2.45) is 0 Å². The van der Waals surface area contributed by atoms with E-state index in [1.54, 1.807) is 30.3 Å². The Labute approximate surface area is 169 Å². The fourth-order valence-corrected chi connectivity index (χ4v) is 3.81. The molecule has 0 aliphatic carbocycles. The van der Waals surface area contributed by atoms with Crippen molar-refractivity contribution in [2.75, 3.05) is 38.2 Å². The molecule has 1 aliphatic rings. The SMILES string of the molecule is COc1cccnc1N1CCN(C(=O)c2cc3ccc(C(C)C)c(F)c3[nH]2)CC1. The highest BCUT2D eigenvalue weighted by atomic mass is 19.1. The Morgan fingerprint density at radius 3 is 2.66 bits per heavy atom. The molecule has 0 atom stereocenters. The van der Waals surface area contributed by atoms with E-state index in [4.69, 9.17) is 4.74 Å². The molecule has 0 saturated carbocycles. The number of carbonyl (C=O) groups excluding carboxylic acids is 1. The van der Waals surface area contributed by atoms with E-state index in [1.807, 2.05) is 32.0 Å². The van der Waals surface area contributed by atoms with Crippen molar-refractivity contribution in [3.63, 3.8) is 0 Å². The predicted octanol–water partition coefficient (Wildman–Crippen LogP) is 3.80. The number of aromatic amines is 1. The molecule has 1 amide bonds. The number of anilines is 1. The standard InChI is InChI=1S/C22H25FN4O2/c1-14(2)16-7-6-15-13-17(25-20(15)19(16)23)22(28)27-11-9-26(10-12-27)21-18(29-3)5-4-8-24-21/h4-8,13-14,25H,9-12H2,1-3H3. The molecular formula is C22H25FN4O2. The number of rotatable bonds is 4. The lowest BCUT2D eigenvalue weighted by atomic mass is 10.0. The maximum Gasteiger partial charge on any atom is 0.270 e. The fraction of sp³-hybridized carbons (Fsp3) is 0.364. The predicted molar refractivity (Wildman–Crippen MR) is 111 cm³/mol. The number of aromatic nitrogens is 2. The largest absolute Gasteiger partial charge is 0.493 e. The van der Waals surface area contributed by atoms with Crippen molar-refractivity contribution < 1.29 is 13.9 Å². The van der Waals surface area contributed by atoms with Gasteiger partial charge in [0.1, 0.15) is 5.69 Å². The minimum absolute atomic E-state index is 0.0820. The molecule has 152 valence electrons. The van der Waals surface area contributed by atoms with Crippen molar-refractivity contribution in [3.8, 4) is 5.75 Å². The normalized spacial score (nSPS) is 14.7. The molecule has 0 spiro atoms. The van der Waals surface area contributed by atoms with E-state index in [2.05, 4.69) is 14.9 Å². The summed E-state index contributed by atoms with van der Waals surface area (Å²) in [6.45, 7) is 6.35. The number of amides is 1. The van der Waals surface area contributed by atoms with Gasteiger partial charge in [-0.1, -0.05) is 26.0 Å². The summed E-state index contributed by atoms with van der Waals surface area (Å²) in [6.07, 6.45) is 1.74. The van der Waals surface area contributed by atoms with Gasteiger partial charge < -0.3 is 19.5 Å². The molecule has 4 rings (SSSR count). The quantitative estimate of drug-likeness (QED) is 0.729. The van der Waals surface area contributed by atoms with Crippen LogP contribution in [0.4, 0.5) is 10.2 Å². The second-order valence-corrected chi connectivity index (χ2v) is 7.58. The average Bonchev–Trinajstić information content (AvgIpc) is 3.18. The molecule has 1 N–H and O–H groups in total. The van der Waals surface area contributed by atoms with E-state index in [1.165, 1.54) is 0 Å². The molecule has 29 heavy (non-hydrogen) atoms. The van der Waals surface area contributed by atoms with Crippen LogP contribution in [-0.2, 0) is 0 Å². The lowest BCUT2D eigenvalue weighted by molar-refractivity contribution is 0.0741. The Morgan fingerprint density at radius 1 is 1.21 bits per heavy atom. The van der Waals surface area contributed by atoms with Gasteiger partial charge in [0.2, 0.25) is 0 Å². The summed E-state index contributed by atoms with van der Waals surface area (Å²) in [5.74, 6) is 1.21. The summed E-state index contributed by atoms with van der Waals surface area (Å²) in [6, 6.07) is 9.11. The first kappa shape index (κ1) is 19.2. The topological polar surface area (TPSA) is 61.5 Å². The van der Waals surface area contributed by atoms with Crippen LogP contribution in [0.25, 0.3) is 10.9 Å². The summed E-state index contributed by atoms with van der Waals surface area (Å²) in [7, 11) is 1.63. The minimum atomic E-state index is -0.274. The highest BCUT2D eigenvalue weighted by Gasteiger charge is 2.26. The highest BCUT2D eigenvalue weighted by Crippen LogP contribution is 2.28. The van der Waals surface area contributed by atoms with E-state index in [-0.39, 0.29) is 17.6 Å². The smallest absolute Gasteiger partial charge is 0.270 e. The molecule has 2 aromatic heterocycles. The Kier molecular flexibility index (Phi) is 5.13. The lowest BCUT2D eigenvalue weighted by Gasteiger charge is -2.35. The molecule has 1 aromatic carbocycles. The first-order chi connectivity index (χ1) is 14.0. The van der Waals surface area contributed by atoms with E-state index >= 15 is 0 Å². The molecule has 0 unspecified atom stereocenters. The summed E-state index contributed by atoms with van der Waals surface area (Å²) in [4.78, 5) is 24.3. The van der Waals surface area contributed by atoms with Crippen LogP contribution < -0.4 is 9.64 Å². The molecule has 0 radical (unpaired) electrons. The Hall–Kier alpha value is -3.09. The molecule has 1 fully saturated rings. The summed E-state index contributed by atoms with van der Waals surface area (Å²) in [5, 5.41) is 0.715. The van der Waals surface area contributed by atoms with Crippen LogP contribution in [0, 0.1) is 5.82 Å². The van der Waals surface area contributed by atoms with Gasteiger partial charge in [0, 0.05) is 37.8 Å². The number of nitrogens with one attached hydrogen (secondary N) is 1. The number of nitrogens with zero attached hydrogens (tertiary/aromatic N) is 3. The van der Waals surface area contributed by atoms with E-state index in [9.17, 15) is 9.18 Å². The molecule has 7 heteroatoms. The van der Waals surface area contributed by atoms with E-state index in [0.717, 1.165) is 11.6 Å². The zero-order valence-electron chi connectivity index (χ0n) is 16.9. The van der Waals surface area contributed by atoms with Crippen molar-refractivity contribution in [3.05, 3.63) is 53.6 Å². The molecule has 3 heterocycles. The fourth-order valence-electron chi connectivity index (χ4n) is 3.81. The summed E-state index contributed by atoms with van der Waals surface area (Å²) < 4.78 is 20.2. The number of pyridine rings is 1. The number of hydrogen-bond acceptors (Lipinski definition) is 4. The van der Waals surface area contributed by atoms with Gasteiger partial charge in [0.15, 0.2) is 17.4 Å². The third-order valence-corrected chi connectivity index (χ3v) is 5.45. The third kappa shape index (κ3) is 3.52. The van der Waals surface area contributed by atoms with Gasteiger partial charge in [0.05, 0.1) is 12.6 Å². The zero-order chi connectivity index (χ0) is 20.5. The zero-order valence-corrected chi connectivity index (χ0v) is 16.9. The monoisotopic (exact) mass is 396 g/mol. The Bertz CT molecular complexity index is 1040. The number of piperazine rings is 1. The van der Waals surface area contributed by atoms with E-state index in [0.29, 0.717) is 48.3 Å². The summed E-state index contributed by atoms with van der Waals surface area (Å²) in [5.41, 5.74) is 1.47. The van der Waals surface area contributed by atoms with Gasteiger partial charge in [-0.05, 0) is 29.7 Å². The van der Waals surface area contributed by atoms with Crippen molar-refractivity contribution in [1.82, 2.24) is 14.9 Å². The number of halogens is 1. The van der Waals surface area contributed by atoms with Gasteiger partial charge >= 0.3 is 0 Å². The van der Waals surface area contributed by atoms with Gasteiger partial charge in [-0.25, -0.2) is 9.37 Å². The second-order valence-electron chi connectivity index (χ2n) is 7.58. The van der Waals surface area contributed by atoms with Crippen LogP contribution in [0.15, 0.2) is 36.5 Å². The van der Waals surface area contributed by atoms with Crippen LogP contribution in [0.3, 0.4) is 0 Å². The first-order valence-electron chi connectivity index (χ1n) is 9.84. The number of fused-ring (bicyclic) bond motifs is 1. The number of hydrogen-bond donors (Lipinski definition) is 1. The number of H-pyrrole nitrogens is 1. The van der Waals surface area contributed by atoms with Gasteiger partial charge in [0.25, 0.3) is 5.91 Å². The van der Waals surface area contributed by atoms with Crippen molar-refractivity contribution in [2.45, 2.75) is 19.8 Å². The number of ether oxygens (including phenoxy) is 1. The van der Waals surface area contributed by atoms with Crippen LogP contribution in [-0.4, -0.2) is 54.1 Å². The van der Waals surface area contributed by atoms with Crippen molar-refractivity contribution >= 4 is 22.6 Å². The number of benzene rings is 1. The Morgan fingerprint density at radius 2 is 1.97 bits per heavy atom. The van der Waals surface area contributed by atoms with Crippen LogP contribution in [0.1, 0.15) is 35.8 Å². The molecule has 1 aliphatic heterocycles. The maximum absolute atomic E-state index is 14.8. The third-order valence-electron chi connectivity index (χ3n) is 5.45. The maximum atomic E-state index is 14.8. The molecule has 0 bridgehead atoms. The van der Waals surface area contributed by atoms with Crippen LogP contribution >= 0.6 is 0 Å². The number of carbonyl (C=O) groups is 1. The lowest BCUT2D eigenvalue weighted by Crippen LogP contribution is -2.49. The average molecular weight is 396 g/mol. The van der Waals surface area contributed by atoms with Gasteiger partial charge in [-0.15, -0.1) is 0 Å². The van der Waals surface area contributed by atoms with Crippen molar-refractivity contribution in [1.29, 1.82) is 0 Å². The second kappa shape index (κ2) is 7.73. The Balaban J connectivity index is 1.50. The van der Waals surface area contributed by atoms with E-state index < -0.39 is 0 Å². The minimum Gasteiger partial charge on any atom is -0.493 e. The van der Waals surface area contributed by atoms with Crippen LogP contribution in [0.5, 0.6) is 5.75 Å². The molecular weight excluding hydrogens is 371 g/mol. The van der Waals surface area contributed by atoms with Gasteiger partial charge in [-0.3, -0.25) is 4.79 Å².